The number of hydrogen-bond donors (Lipinski definition) is 4. The van der Waals surface area contributed by atoms with Gasteiger partial charge in [0.1, 0.15) is 0 Å². The van der Waals surface area contributed by atoms with Crippen LogP contribution in [0.4, 0.5) is 0 Å². The van der Waals surface area contributed by atoms with Crippen LogP contribution < -0.4 is 0 Å². The average Bonchev–Trinajstić information content (AvgIpc) is 2.95. The molecule has 0 spiro atoms. The van der Waals surface area contributed by atoms with Gasteiger partial charge in [0.25, 0.3) is 0 Å². The number of rotatable bonds is 7. The smallest absolute Gasteiger partial charge is 0.306 e. The van der Waals surface area contributed by atoms with E-state index < -0.39 is 11.4 Å². The molecule has 4 N–H and O–H groups in total. The highest BCUT2D eigenvalue weighted by Gasteiger charge is 2.24. The van der Waals surface area contributed by atoms with Crippen LogP contribution >= 0.6 is 11.3 Å². The zero-order valence-electron chi connectivity index (χ0n) is 12.0. The summed E-state index contributed by atoms with van der Waals surface area (Å²) in [4.78, 5) is 11.6. The number of carboxylic acid groups (broad SMARTS) is 1. The van der Waals surface area contributed by atoms with E-state index in [-0.39, 0.29) is 25.7 Å². The number of thiophene rings is 1. The van der Waals surface area contributed by atoms with Gasteiger partial charge in [-0.3, -0.25) is 4.79 Å². The fourth-order valence-electron chi connectivity index (χ4n) is 1.30. The normalized spacial score (nSPS) is 12.4. The van der Waals surface area contributed by atoms with Crippen molar-refractivity contribution >= 4 is 17.3 Å². The molecule has 0 saturated heterocycles. The molecular weight excluding hydrogens is 280 g/mol. The quantitative estimate of drug-likeness (QED) is 0.610. The number of aliphatic hydroxyl groups is 3. The third kappa shape index (κ3) is 6.47. The van der Waals surface area contributed by atoms with Crippen molar-refractivity contribution in [2.24, 2.45) is 11.3 Å². The van der Waals surface area contributed by atoms with E-state index in [4.69, 9.17) is 20.4 Å². The van der Waals surface area contributed by atoms with Crippen LogP contribution in [-0.2, 0) is 11.2 Å². The van der Waals surface area contributed by atoms with Crippen molar-refractivity contribution in [3.05, 3.63) is 22.4 Å². The summed E-state index contributed by atoms with van der Waals surface area (Å²) in [5.41, 5.74) is -0.667. The second kappa shape index (κ2) is 9.88. The fraction of sp³-hybridized carbons (Fsp3) is 0.643. The second-order valence-corrected chi connectivity index (χ2v) is 5.88. The molecule has 116 valence electrons. The fourth-order valence-corrected chi connectivity index (χ4v) is 2.14. The number of aliphatic hydroxyl groups excluding tert-OH is 3. The van der Waals surface area contributed by atoms with Gasteiger partial charge in [-0.2, -0.15) is 0 Å². The first-order chi connectivity index (χ1) is 9.44. The molecule has 1 heterocycles. The van der Waals surface area contributed by atoms with Crippen LogP contribution in [-0.4, -0.2) is 46.2 Å². The van der Waals surface area contributed by atoms with E-state index >= 15 is 0 Å². The molecule has 0 aliphatic heterocycles. The molecule has 0 bridgehead atoms. The molecule has 0 aromatic carbocycles. The first-order valence-electron chi connectivity index (χ1n) is 6.52. The summed E-state index contributed by atoms with van der Waals surface area (Å²) in [5, 5.41) is 36.5. The minimum Gasteiger partial charge on any atom is -0.481 e. The van der Waals surface area contributed by atoms with Crippen LogP contribution in [0.1, 0.15) is 25.1 Å². The third-order valence-electron chi connectivity index (χ3n) is 3.27. The standard InChI is InChI=1S/C8H10O2S.C6H14O3/c1-6(8(9)10)5-7-3-2-4-11-7;1-2-6(3-7,4-8)5-9/h2-4,6H,5H2,1H3,(H,9,10);7-9H,2-5H2,1H3. The maximum absolute atomic E-state index is 10.4. The highest BCUT2D eigenvalue weighted by atomic mass is 32.1. The Kier molecular flexibility index (Phi) is 9.41. The second-order valence-electron chi connectivity index (χ2n) is 4.85. The van der Waals surface area contributed by atoms with Crippen LogP contribution in [0.15, 0.2) is 17.5 Å². The first-order valence-corrected chi connectivity index (χ1v) is 7.40. The van der Waals surface area contributed by atoms with Gasteiger partial charge >= 0.3 is 5.97 Å². The summed E-state index contributed by atoms with van der Waals surface area (Å²) in [6.45, 7) is 3.08. The maximum Gasteiger partial charge on any atom is 0.306 e. The third-order valence-corrected chi connectivity index (χ3v) is 4.16. The van der Waals surface area contributed by atoms with Gasteiger partial charge < -0.3 is 20.4 Å². The van der Waals surface area contributed by atoms with Crippen molar-refractivity contribution in [3.63, 3.8) is 0 Å². The summed E-state index contributed by atoms with van der Waals surface area (Å²) in [6, 6.07) is 3.90. The van der Waals surface area contributed by atoms with Gasteiger partial charge in [-0.25, -0.2) is 0 Å². The van der Waals surface area contributed by atoms with Crippen LogP contribution in [0.5, 0.6) is 0 Å². The lowest BCUT2D eigenvalue weighted by atomic mass is 9.88. The number of hydrogen-bond acceptors (Lipinski definition) is 5. The van der Waals surface area contributed by atoms with Crippen LogP contribution in [0, 0.1) is 11.3 Å². The summed E-state index contributed by atoms with van der Waals surface area (Å²) >= 11 is 1.61. The van der Waals surface area contributed by atoms with Crippen molar-refractivity contribution in [2.45, 2.75) is 26.7 Å². The van der Waals surface area contributed by atoms with Gasteiger partial charge in [0.05, 0.1) is 25.7 Å². The molecule has 1 rings (SSSR count). The van der Waals surface area contributed by atoms with E-state index in [1.807, 2.05) is 24.4 Å². The zero-order chi connectivity index (χ0) is 15.6. The van der Waals surface area contributed by atoms with Crippen LogP contribution in [0.25, 0.3) is 0 Å². The van der Waals surface area contributed by atoms with Crippen molar-refractivity contribution in [1.82, 2.24) is 0 Å². The van der Waals surface area contributed by atoms with Gasteiger partial charge in [0.15, 0.2) is 0 Å². The number of carbonyl (C=O) groups is 1. The molecular formula is C14H24O5S. The molecule has 0 radical (unpaired) electrons. The Hall–Kier alpha value is -0.950. The highest BCUT2D eigenvalue weighted by Crippen LogP contribution is 2.18. The summed E-state index contributed by atoms with van der Waals surface area (Å²) < 4.78 is 0. The topological polar surface area (TPSA) is 98.0 Å². The Morgan fingerprint density at radius 2 is 1.85 bits per heavy atom. The molecule has 0 fully saturated rings. The lowest BCUT2D eigenvalue weighted by molar-refractivity contribution is -0.141. The number of aliphatic carboxylic acids is 1. The molecule has 1 aromatic rings. The maximum atomic E-state index is 10.4. The average molecular weight is 304 g/mol. The van der Waals surface area contributed by atoms with Gasteiger partial charge in [-0.1, -0.05) is 19.9 Å². The van der Waals surface area contributed by atoms with E-state index in [9.17, 15) is 4.79 Å². The Balaban J connectivity index is 0.000000370. The minimum absolute atomic E-state index is 0.156. The summed E-state index contributed by atoms with van der Waals surface area (Å²) in [7, 11) is 0. The van der Waals surface area contributed by atoms with Crippen LogP contribution in [0.2, 0.25) is 0 Å². The van der Waals surface area contributed by atoms with Gasteiger partial charge in [0.2, 0.25) is 0 Å². The molecule has 0 saturated carbocycles. The molecule has 1 atom stereocenters. The Labute approximate surface area is 123 Å². The van der Waals surface area contributed by atoms with E-state index in [1.54, 1.807) is 18.3 Å². The van der Waals surface area contributed by atoms with Crippen molar-refractivity contribution < 1.29 is 25.2 Å². The number of carboxylic acids is 1. The molecule has 1 aromatic heterocycles. The SMILES string of the molecule is CC(Cc1cccs1)C(=O)O.CCC(CO)(CO)CO. The first kappa shape index (κ1) is 19.1. The summed E-state index contributed by atoms with van der Waals surface area (Å²) in [5.74, 6) is -0.993. The molecule has 6 heteroatoms. The van der Waals surface area contributed by atoms with Gasteiger partial charge in [-0.15, -0.1) is 11.3 Å². The molecule has 0 aliphatic rings. The van der Waals surface area contributed by atoms with Crippen molar-refractivity contribution in [3.8, 4) is 0 Å². The highest BCUT2D eigenvalue weighted by molar-refractivity contribution is 7.09. The predicted molar refractivity (Wildman–Crippen MR) is 78.8 cm³/mol. The van der Waals surface area contributed by atoms with E-state index in [0.29, 0.717) is 12.8 Å². The van der Waals surface area contributed by atoms with E-state index in [0.717, 1.165) is 4.88 Å². The monoisotopic (exact) mass is 304 g/mol. The summed E-state index contributed by atoms with van der Waals surface area (Å²) in [6.07, 6.45) is 1.24. The van der Waals surface area contributed by atoms with Crippen LogP contribution in [0.3, 0.4) is 0 Å². The van der Waals surface area contributed by atoms with Crippen molar-refractivity contribution in [2.75, 3.05) is 19.8 Å². The van der Waals surface area contributed by atoms with Crippen molar-refractivity contribution in [1.29, 1.82) is 0 Å². The predicted octanol–water partition coefficient (Wildman–Crippen LogP) is 1.37. The van der Waals surface area contributed by atoms with Gasteiger partial charge in [0, 0.05) is 10.3 Å². The Bertz CT molecular complexity index is 342. The van der Waals surface area contributed by atoms with E-state index in [1.165, 1.54) is 0 Å². The molecule has 0 aliphatic carbocycles. The Morgan fingerprint density at radius 1 is 1.30 bits per heavy atom. The Morgan fingerprint density at radius 3 is 2.10 bits per heavy atom. The van der Waals surface area contributed by atoms with Gasteiger partial charge in [-0.05, 0) is 24.3 Å². The van der Waals surface area contributed by atoms with E-state index in [2.05, 4.69) is 0 Å². The molecule has 1 unspecified atom stereocenters. The lowest BCUT2D eigenvalue weighted by Gasteiger charge is -2.24. The largest absolute Gasteiger partial charge is 0.481 e. The minimum atomic E-state index is -0.724. The molecule has 5 nitrogen and oxygen atoms in total. The molecule has 0 amide bonds. The zero-order valence-corrected chi connectivity index (χ0v) is 12.8. The lowest BCUT2D eigenvalue weighted by Crippen LogP contribution is -2.32. The molecule has 20 heavy (non-hydrogen) atoms.